The molecule has 0 spiro atoms. The molecule has 1 aliphatic carbocycles. The molecule has 0 bridgehead atoms. The quantitative estimate of drug-likeness (QED) is 0.698. The molecule has 3 atom stereocenters. The Labute approximate surface area is 85.3 Å². The van der Waals surface area contributed by atoms with Crippen molar-refractivity contribution in [2.75, 3.05) is 0 Å². The Balaban J connectivity index is 2.61. The van der Waals surface area contributed by atoms with E-state index in [0.29, 0.717) is 6.42 Å². The molecular formula is C12H18O2. The number of carbonyl (C=O) groups excluding carboxylic acids is 1. The maximum atomic E-state index is 11.2. The van der Waals surface area contributed by atoms with Crippen molar-refractivity contribution in [2.45, 2.75) is 32.8 Å². The van der Waals surface area contributed by atoms with Gasteiger partial charge >= 0.3 is 0 Å². The Morgan fingerprint density at radius 2 is 2.36 bits per heavy atom. The first kappa shape index (κ1) is 11.2. The van der Waals surface area contributed by atoms with E-state index in [0.717, 1.165) is 12.0 Å². The first-order chi connectivity index (χ1) is 6.52. The Morgan fingerprint density at radius 3 is 2.86 bits per heavy atom. The summed E-state index contributed by atoms with van der Waals surface area (Å²) in [5, 5.41) is 9.80. The van der Waals surface area contributed by atoms with Crippen LogP contribution in [0, 0.1) is 11.8 Å². The van der Waals surface area contributed by atoms with E-state index in [4.69, 9.17) is 0 Å². The second-order valence-electron chi connectivity index (χ2n) is 4.22. The van der Waals surface area contributed by atoms with Crippen molar-refractivity contribution in [1.29, 1.82) is 0 Å². The summed E-state index contributed by atoms with van der Waals surface area (Å²) < 4.78 is 0. The zero-order valence-corrected chi connectivity index (χ0v) is 8.86. The number of ketones is 1. The number of aliphatic hydroxyl groups excluding tert-OH is 1. The van der Waals surface area contributed by atoms with Gasteiger partial charge in [-0.2, -0.15) is 0 Å². The van der Waals surface area contributed by atoms with E-state index in [1.807, 2.05) is 19.9 Å². The first-order valence-electron chi connectivity index (χ1n) is 5.05. The van der Waals surface area contributed by atoms with Crippen LogP contribution in [0.25, 0.3) is 0 Å². The number of allylic oxidation sites excluding steroid dienone is 2. The van der Waals surface area contributed by atoms with Crippen LogP contribution in [0.15, 0.2) is 24.3 Å². The summed E-state index contributed by atoms with van der Waals surface area (Å²) >= 11 is 0. The van der Waals surface area contributed by atoms with Gasteiger partial charge in [0.15, 0.2) is 5.78 Å². The van der Waals surface area contributed by atoms with Crippen molar-refractivity contribution >= 4 is 5.78 Å². The molecule has 0 fully saturated rings. The monoisotopic (exact) mass is 194 g/mol. The third-order valence-electron chi connectivity index (χ3n) is 2.95. The van der Waals surface area contributed by atoms with Crippen LogP contribution in [0.5, 0.6) is 0 Å². The van der Waals surface area contributed by atoms with Gasteiger partial charge in [0, 0.05) is 6.42 Å². The summed E-state index contributed by atoms with van der Waals surface area (Å²) in [7, 11) is 0. The largest absolute Gasteiger partial charge is 0.388 e. The Bertz CT molecular complexity index is 265. The number of carbonyl (C=O) groups is 1. The first-order valence-corrected chi connectivity index (χ1v) is 5.05. The summed E-state index contributed by atoms with van der Waals surface area (Å²) in [5.41, 5.74) is 0.777. The summed E-state index contributed by atoms with van der Waals surface area (Å²) in [5.74, 6) is 0.544. The van der Waals surface area contributed by atoms with E-state index in [9.17, 15) is 9.90 Å². The van der Waals surface area contributed by atoms with E-state index >= 15 is 0 Å². The van der Waals surface area contributed by atoms with Gasteiger partial charge in [0.1, 0.15) is 0 Å². The Morgan fingerprint density at radius 1 is 1.71 bits per heavy atom. The van der Waals surface area contributed by atoms with E-state index in [-0.39, 0.29) is 17.6 Å². The molecule has 0 aliphatic heterocycles. The van der Waals surface area contributed by atoms with Crippen LogP contribution in [0.2, 0.25) is 0 Å². The molecule has 1 aliphatic rings. The second kappa shape index (κ2) is 4.56. The molecule has 0 aromatic heterocycles. The molecule has 0 aromatic rings. The van der Waals surface area contributed by atoms with Crippen LogP contribution in [0.1, 0.15) is 26.7 Å². The van der Waals surface area contributed by atoms with Crippen LogP contribution in [-0.2, 0) is 4.79 Å². The highest BCUT2D eigenvalue weighted by Gasteiger charge is 2.26. The SMILES string of the molecule is C=C(C)C(O)C(C)C1CC=CC(=O)C1. The lowest BCUT2D eigenvalue weighted by Gasteiger charge is -2.28. The van der Waals surface area contributed by atoms with Gasteiger partial charge in [-0.3, -0.25) is 4.79 Å². The normalized spacial score (nSPS) is 25.9. The lowest BCUT2D eigenvalue weighted by atomic mass is 9.79. The predicted molar refractivity (Wildman–Crippen MR) is 56.9 cm³/mol. The predicted octanol–water partition coefficient (Wildman–Crippen LogP) is 2.09. The minimum atomic E-state index is -0.487. The molecule has 0 radical (unpaired) electrons. The molecule has 0 saturated heterocycles. The average Bonchev–Trinajstić information content (AvgIpc) is 2.15. The molecule has 0 heterocycles. The Hall–Kier alpha value is -0.890. The standard InChI is InChI=1S/C12H18O2/c1-8(2)12(14)9(3)10-5-4-6-11(13)7-10/h4,6,9-10,12,14H,1,5,7H2,2-3H3. The number of hydrogen-bond acceptors (Lipinski definition) is 2. The van der Waals surface area contributed by atoms with Crippen molar-refractivity contribution in [3.05, 3.63) is 24.3 Å². The van der Waals surface area contributed by atoms with E-state index in [2.05, 4.69) is 6.58 Å². The van der Waals surface area contributed by atoms with Gasteiger partial charge in [-0.25, -0.2) is 0 Å². The zero-order chi connectivity index (χ0) is 10.7. The summed E-state index contributed by atoms with van der Waals surface area (Å²) in [4.78, 5) is 11.2. The number of hydrogen-bond donors (Lipinski definition) is 1. The van der Waals surface area contributed by atoms with Crippen molar-refractivity contribution in [3.63, 3.8) is 0 Å². The topological polar surface area (TPSA) is 37.3 Å². The van der Waals surface area contributed by atoms with Crippen molar-refractivity contribution in [1.82, 2.24) is 0 Å². The van der Waals surface area contributed by atoms with E-state index in [1.54, 1.807) is 6.08 Å². The van der Waals surface area contributed by atoms with E-state index in [1.165, 1.54) is 0 Å². The maximum absolute atomic E-state index is 11.2. The molecule has 1 N–H and O–H groups in total. The lowest BCUT2D eigenvalue weighted by Crippen LogP contribution is -2.28. The smallest absolute Gasteiger partial charge is 0.155 e. The fourth-order valence-corrected chi connectivity index (χ4v) is 1.89. The van der Waals surface area contributed by atoms with Crippen molar-refractivity contribution < 1.29 is 9.90 Å². The highest BCUT2D eigenvalue weighted by Crippen LogP contribution is 2.28. The minimum absolute atomic E-state index is 0.112. The molecule has 0 saturated carbocycles. The van der Waals surface area contributed by atoms with Gasteiger partial charge in [-0.05, 0) is 31.3 Å². The second-order valence-corrected chi connectivity index (χ2v) is 4.22. The van der Waals surface area contributed by atoms with E-state index < -0.39 is 6.10 Å². The third kappa shape index (κ3) is 2.55. The van der Waals surface area contributed by atoms with Gasteiger partial charge in [0.2, 0.25) is 0 Å². The average molecular weight is 194 g/mol. The summed E-state index contributed by atoms with van der Waals surface area (Å²) in [6.07, 6.45) is 4.49. The highest BCUT2D eigenvalue weighted by atomic mass is 16.3. The van der Waals surface area contributed by atoms with Crippen LogP contribution in [0.4, 0.5) is 0 Å². The number of rotatable bonds is 3. The van der Waals surface area contributed by atoms with Gasteiger partial charge in [0.25, 0.3) is 0 Å². The van der Waals surface area contributed by atoms with Gasteiger partial charge in [0.05, 0.1) is 6.10 Å². The van der Waals surface area contributed by atoms with Crippen LogP contribution < -0.4 is 0 Å². The van der Waals surface area contributed by atoms with Gasteiger partial charge in [-0.1, -0.05) is 25.2 Å². The van der Waals surface area contributed by atoms with Crippen molar-refractivity contribution in [3.8, 4) is 0 Å². The molecule has 1 rings (SSSR count). The minimum Gasteiger partial charge on any atom is -0.388 e. The van der Waals surface area contributed by atoms with Crippen LogP contribution >= 0.6 is 0 Å². The highest BCUT2D eigenvalue weighted by molar-refractivity contribution is 5.90. The Kier molecular flexibility index (Phi) is 3.64. The third-order valence-corrected chi connectivity index (χ3v) is 2.95. The molecule has 78 valence electrons. The summed E-state index contributed by atoms with van der Waals surface area (Å²) in [6.45, 7) is 7.54. The van der Waals surface area contributed by atoms with Crippen molar-refractivity contribution in [2.24, 2.45) is 11.8 Å². The van der Waals surface area contributed by atoms with Gasteiger partial charge in [-0.15, -0.1) is 0 Å². The molecule has 0 aromatic carbocycles. The summed E-state index contributed by atoms with van der Waals surface area (Å²) in [6, 6.07) is 0. The molecule has 0 amide bonds. The number of aliphatic hydroxyl groups is 1. The molecule has 14 heavy (non-hydrogen) atoms. The molecule has 2 nitrogen and oxygen atoms in total. The lowest BCUT2D eigenvalue weighted by molar-refractivity contribution is -0.116. The fraction of sp³-hybridized carbons (Fsp3) is 0.583. The zero-order valence-electron chi connectivity index (χ0n) is 8.86. The maximum Gasteiger partial charge on any atom is 0.155 e. The van der Waals surface area contributed by atoms with Crippen LogP contribution in [0.3, 0.4) is 0 Å². The molecule has 2 heteroatoms. The fourth-order valence-electron chi connectivity index (χ4n) is 1.89. The van der Waals surface area contributed by atoms with Gasteiger partial charge < -0.3 is 5.11 Å². The molecular weight excluding hydrogens is 176 g/mol. The molecule has 3 unspecified atom stereocenters. The van der Waals surface area contributed by atoms with Crippen LogP contribution in [-0.4, -0.2) is 17.0 Å².